The van der Waals surface area contributed by atoms with Gasteiger partial charge in [-0.2, -0.15) is 0 Å². The molecule has 3 heterocycles. The number of aromatic amines is 1. The summed E-state index contributed by atoms with van der Waals surface area (Å²) in [4.78, 5) is 28.9. The first-order valence-corrected chi connectivity index (χ1v) is 10.3. The normalized spacial score (nSPS) is 14.8. The number of nitrogens with zero attached hydrogens (tertiary/aromatic N) is 4. The van der Waals surface area contributed by atoms with Crippen molar-refractivity contribution in [3.63, 3.8) is 0 Å². The Balaban J connectivity index is 1.43. The van der Waals surface area contributed by atoms with Crippen molar-refractivity contribution >= 4 is 16.8 Å². The molecule has 31 heavy (non-hydrogen) atoms. The first kappa shape index (κ1) is 19.4. The number of benzene rings is 2. The number of piperazine rings is 1. The number of aromatic nitrogens is 3. The molecule has 156 valence electrons. The van der Waals surface area contributed by atoms with E-state index in [1.807, 2.05) is 37.4 Å². The number of amides is 1. The van der Waals surface area contributed by atoms with Crippen LogP contribution in [0.4, 0.5) is 4.39 Å². The fourth-order valence-corrected chi connectivity index (χ4v) is 3.88. The van der Waals surface area contributed by atoms with Crippen molar-refractivity contribution in [2.45, 2.75) is 0 Å². The van der Waals surface area contributed by atoms with Crippen LogP contribution in [-0.4, -0.2) is 63.9 Å². The maximum atomic E-state index is 15.0. The molecule has 0 bridgehead atoms. The zero-order chi connectivity index (χ0) is 21.4. The van der Waals surface area contributed by atoms with Gasteiger partial charge in [0.15, 0.2) is 0 Å². The third-order valence-corrected chi connectivity index (χ3v) is 5.72. The molecule has 0 radical (unpaired) electrons. The minimum Gasteiger partial charge on any atom is -0.353 e. The van der Waals surface area contributed by atoms with Crippen molar-refractivity contribution in [3.8, 4) is 22.6 Å². The van der Waals surface area contributed by atoms with Crippen LogP contribution in [0.25, 0.3) is 33.5 Å². The van der Waals surface area contributed by atoms with Crippen LogP contribution in [0.15, 0.2) is 60.9 Å². The van der Waals surface area contributed by atoms with Crippen molar-refractivity contribution in [2.75, 3.05) is 33.2 Å². The summed E-state index contributed by atoms with van der Waals surface area (Å²) in [5.41, 5.74) is 3.55. The molecular weight excluding hydrogens is 393 g/mol. The second-order valence-corrected chi connectivity index (χ2v) is 7.85. The topological polar surface area (TPSA) is 65.1 Å². The van der Waals surface area contributed by atoms with E-state index in [4.69, 9.17) is 0 Å². The van der Waals surface area contributed by atoms with Crippen molar-refractivity contribution in [3.05, 3.63) is 72.3 Å². The number of hydrogen-bond acceptors (Lipinski definition) is 4. The van der Waals surface area contributed by atoms with Crippen LogP contribution in [0.2, 0.25) is 0 Å². The van der Waals surface area contributed by atoms with Gasteiger partial charge in [0, 0.05) is 48.2 Å². The molecule has 0 spiro atoms. The SMILES string of the molecule is CN1CCN(C(=O)c2ccc(-c3cncc(-c4cc5ccccc5[nH]4)n3)c(F)c2)CC1. The molecule has 1 amide bonds. The van der Waals surface area contributed by atoms with Gasteiger partial charge in [0.05, 0.1) is 23.8 Å². The lowest BCUT2D eigenvalue weighted by molar-refractivity contribution is 0.0663. The fourth-order valence-electron chi connectivity index (χ4n) is 3.88. The lowest BCUT2D eigenvalue weighted by Crippen LogP contribution is -2.47. The van der Waals surface area contributed by atoms with Gasteiger partial charge in [0.1, 0.15) is 11.5 Å². The summed E-state index contributed by atoms with van der Waals surface area (Å²) >= 11 is 0. The number of hydrogen-bond donors (Lipinski definition) is 1. The van der Waals surface area contributed by atoms with Gasteiger partial charge < -0.3 is 14.8 Å². The van der Waals surface area contributed by atoms with E-state index in [-0.39, 0.29) is 5.91 Å². The lowest BCUT2D eigenvalue weighted by Gasteiger charge is -2.32. The minimum absolute atomic E-state index is 0.142. The van der Waals surface area contributed by atoms with Gasteiger partial charge in [-0.1, -0.05) is 18.2 Å². The first-order chi connectivity index (χ1) is 15.1. The number of nitrogens with one attached hydrogen (secondary N) is 1. The Morgan fingerprint density at radius 2 is 1.77 bits per heavy atom. The van der Waals surface area contributed by atoms with Gasteiger partial charge in [-0.25, -0.2) is 9.37 Å². The lowest BCUT2D eigenvalue weighted by atomic mass is 10.1. The van der Waals surface area contributed by atoms with Crippen LogP contribution in [-0.2, 0) is 0 Å². The molecule has 4 aromatic rings. The number of likely N-dealkylation sites (N-methyl/N-ethyl adjacent to an activating group) is 1. The van der Waals surface area contributed by atoms with Gasteiger partial charge in [-0.3, -0.25) is 9.78 Å². The molecule has 5 rings (SSSR count). The maximum Gasteiger partial charge on any atom is 0.254 e. The largest absolute Gasteiger partial charge is 0.353 e. The van der Waals surface area contributed by atoms with E-state index in [1.54, 1.807) is 23.2 Å². The molecule has 7 heteroatoms. The number of H-pyrrole nitrogens is 1. The van der Waals surface area contributed by atoms with Gasteiger partial charge in [0.2, 0.25) is 0 Å². The predicted octanol–water partition coefficient (Wildman–Crippen LogP) is 3.82. The molecule has 0 saturated carbocycles. The summed E-state index contributed by atoms with van der Waals surface area (Å²) in [6.07, 6.45) is 3.18. The van der Waals surface area contributed by atoms with E-state index in [0.717, 1.165) is 29.7 Å². The Hall–Kier alpha value is -3.58. The van der Waals surface area contributed by atoms with Crippen LogP contribution in [0, 0.1) is 5.82 Å². The fraction of sp³-hybridized carbons (Fsp3) is 0.208. The average molecular weight is 415 g/mol. The average Bonchev–Trinajstić information content (AvgIpc) is 3.24. The van der Waals surface area contributed by atoms with Crippen molar-refractivity contribution in [1.29, 1.82) is 0 Å². The summed E-state index contributed by atoms with van der Waals surface area (Å²) in [5.74, 6) is -0.625. The highest BCUT2D eigenvalue weighted by atomic mass is 19.1. The monoisotopic (exact) mass is 415 g/mol. The quantitative estimate of drug-likeness (QED) is 0.553. The zero-order valence-corrected chi connectivity index (χ0v) is 17.2. The van der Waals surface area contributed by atoms with Crippen molar-refractivity contribution in [2.24, 2.45) is 0 Å². The van der Waals surface area contributed by atoms with E-state index >= 15 is 0 Å². The Bertz CT molecular complexity index is 1230. The summed E-state index contributed by atoms with van der Waals surface area (Å²) in [6, 6.07) is 14.5. The van der Waals surface area contributed by atoms with Gasteiger partial charge in [-0.15, -0.1) is 0 Å². The summed E-state index contributed by atoms with van der Waals surface area (Å²) in [5, 5.41) is 1.07. The van der Waals surface area contributed by atoms with Gasteiger partial charge >= 0.3 is 0 Å². The third kappa shape index (κ3) is 3.80. The Morgan fingerprint density at radius 3 is 2.55 bits per heavy atom. The highest BCUT2D eigenvalue weighted by Gasteiger charge is 2.21. The summed E-state index contributed by atoms with van der Waals surface area (Å²) in [6.45, 7) is 2.94. The number of carbonyl (C=O) groups is 1. The standard InChI is InChI=1S/C24H22FN5O/c1-29-8-10-30(11-9-29)24(31)17-6-7-18(19(25)12-17)22-14-26-15-23(28-22)21-13-16-4-2-3-5-20(16)27-21/h2-7,12-15,27H,8-11H2,1H3. The predicted molar refractivity (Wildman–Crippen MR) is 118 cm³/mol. The summed E-state index contributed by atoms with van der Waals surface area (Å²) < 4.78 is 15.0. The molecule has 6 nitrogen and oxygen atoms in total. The number of halogens is 1. The van der Waals surface area contributed by atoms with Crippen molar-refractivity contribution in [1.82, 2.24) is 24.8 Å². The van der Waals surface area contributed by atoms with Crippen LogP contribution < -0.4 is 0 Å². The maximum absolute atomic E-state index is 15.0. The van der Waals surface area contributed by atoms with E-state index in [2.05, 4.69) is 19.9 Å². The van der Waals surface area contributed by atoms with Crippen LogP contribution in [0.1, 0.15) is 10.4 Å². The molecule has 0 unspecified atom stereocenters. The Morgan fingerprint density at radius 1 is 1.00 bits per heavy atom. The highest BCUT2D eigenvalue weighted by molar-refractivity contribution is 5.95. The number of rotatable bonds is 3. The molecule has 0 atom stereocenters. The van der Waals surface area contributed by atoms with E-state index in [9.17, 15) is 9.18 Å². The molecule has 1 aliphatic heterocycles. The zero-order valence-electron chi connectivity index (χ0n) is 17.2. The van der Waals surface area contributed by atoms with Gasteiger partial charge in [0.25, 0.3) is 5.91 Å². The highest BCUT2D eigenvalue weighted by Crippen LogP contribution is 2.26. The molecule has 1 N–H and O–H groups in total. The van der Waals surface area contributed by atoms with Crippen LogP contribution >= 0.6 is 0 Å². The first-order valence-electron chi connectivity index (χ1n) is 10.3. The van der Waals surface area contributed by atoms with Crippen molar-refractivity contribution < 1.29 is 9.18 Å². The molecule has 2 aromatic heterocycles. The van der Waals surface area contributed by atoms with Crippen LogP contribution in [0.5, 0.6) is 0 Å². The van der Waals surface area contributed by atoms with E-state index in [0.29, 0.717) is 35.6 Å². The molecule has 0 aliphatic carbocycles. The Kier molecular flexibility index (Phi) is 4.95. The molecule has 1 saturated heterocycles. The number of para-hydroxylation sites is 1. The second-order valence-electron chi connectivity index (χ2n) is 7.85. The third-order valence-electron chi connectivity index (χ3n) is 5.72. The van der Waals surface area contributed by atoms with Gasteiger partial charge in [-0.05, 0) is 37.4 Å². The molecule has 2 aromatic carbocycles. The second kappa shape index (κ2) is 7.92. The number of fused-ring (bicyclic) bond motifs is 1. The van der Waals surface area contributed by atoms with E-state index < -0.39 is 5.82 Å². The molecule has 1 aliphatic rings. The van der Waals surface area contributed by atoms with Crippen LogP contribution in [0.3, 0.4) is 0 Å². The number of carbonyl (C=O) groups excluding carboxylic acids is 1. The smallest absolute Gasteiger partial charge is 0.254 e. The molecule has 1 fully saturated rings. The Labute approximate surface area is 179 Å². The summed E-state index contributed by atoms with van der Waals surface area (Å²) in [7, 11) is 2.03. The molecular formula is C24H22FN5O. The van der Waals surface area contributed by atoms with E-state index in [1.165, 1.54) is 12.3 Å². The minimum atomic E-state index is -0.483.